The number of nitro benzene ring substituents is 1. The third-order valence-corrected chi connectivity index (χ3v) is 4.83. The SMILES string of the molecule is Cc1nn(C)cc1C1CC(c2cccc(O)c2)=NN1c1ccc([N+](=O)[O-])cc1. The molecule has 28 heavy (non-hydrogen) atoms. The smallest absolute Gasteiger partial charge is 0.269 e. The van der Waals surface area contributed by atoms with E-state index in [0.717, 1.165) is 28.2 Å². The molecule has 2 heterocycles. The van der Waals surface area contributed by atoms with E-state index in [0.29, 0.717) is 6.42 Å². The molecule has 1 unspecified atom stereocenters. The Hall–Kier alpha value is -3.68. The van der Waals surface area contributed by atoms with Crippen molar-refractivity contribution in [2.24, 2.45) is 12.1 Å². The maximum Gasteiger partial charge on any atom is 0.269 e. The van der Waals surface area contributed by atoms with Crippen LogP contribution in [0, 0.1) is 17.0 Å². The number of benzene rings is 2. The highest BCUT2D eigenvalue weighted by Crippen LogP contribution is 2.38. The van der Waals surface area contributed by atoms with Crippen LogP contribution in [0.25, 0.3) is 0 Å². The first kappa shape index (κ1) is 17.7. The lowest BCUT2D eigenvalue weighted by Crippen LogP contribution is -2.18. The molecular formula is C20H19N5O3. The van der Waals surface area contributed by atoms with Crippen LogP contribution in [-0.2, 0) is 7.05 Å². The zero-order valence-electron chi connectivity index (χ0n) is 15.5. The van der Waals surface area contributed by atoms with Crippen LogP contribution in [0.15, 0.2) is 59.8 Å². The number of phenols is 1. The van der Waals surface area contributed by atoms with Crippen LogP contribution in [0.2, 0.25) is 0 Å². The van der Waals surface area contributed by atoms with Crippen molar-refractivity contribution in [3.05, 3.63) is 81.7 Å². The number of anilines is 1. The van der Waals surface area contributed by atoms with E-state index in [1.165, 1.54) is 12.1 Å². The molecule has 4 rings (SSSR count). The number of non-ortho nitro benzene ring substituents is 1. The predicted octanol–water partition coefficient (Wildman–Crippen LogP) is 3.70. The maximum atomic E-state index is 11.0. The normalized spacial score (nSPS) is 16.3. The minimum absolute atomic E-state index is 0.0363. The minimum atomic E-state index is -0.419. The third-order valence-electron chi connectivity index (χ3n) is 4.83. The molecule has 8 heteroatoms. The Labute approximate surface area is 161 Å². The van der Waals surface area contributed by atoms with Crippen molar-refractivity contribution in [1.29, 1.82) is 0 Å². The van der Waals surface area contributed by atoms with Crippen molar-refractivity contribution in [3.63, 3.8) is 0 Å². The highest BCUT2D eigenvalue weighted by Gasteiger charge is 2.32. The predicted molar refractivity (Wildman–Crippen MR) is 106 cm³/mol. The summed E-state index contributed by atoms with van der Waals surface area (Å²) in [6, 6.07) is 13.3. The van der Waals surface area contributed by atoms with Gasteiger partial charge in [-0.3, -0.25) is 19.8 Å². The molecule has 1 aliphatic heterocycles. The van der Waals surface area contributed by atoms with Crippen molar-refractivity contribution in [3.8, 4) is 5.75 Å². The van der Waals surface area contributed by atoms with Gasteiger partial charge >= 0.3 is 0 Å². The third kappa shape index (κ3) is 3.20. The molecule has 1 aromatic heterocycles. The van der Waals surface area contributed by atoms with E-state index in [1.807, 2.05) is 31.2 Å². The number of aromatic hydroxyl groups is 1. The van der Waals surface area contributed by atoms with E-state index in [1.54, 1.807) is 35.0 Å². The summed E-state index contributed by atoms with van der Waals surface area (Å²) in [6.45, 7) is 1.95. The fourth-order valence-electron chi connectivity index (χ4n) is 3.52. The van der Waals surface area contributed by atoms with Crippen molar-refractivity contribution in [2.45, 2.75) is 19.4 Å². The molecule has 0 saturated heterocycles. The van der Waals surface area contributed by atoms with Gasteiger partial charge in [0, 0.05) is 42.9 Å². The van der Waals surface area contributed by atoms with Crippen LogP contribution in [0.1, 0.15) is 29.3 Å². The lowest BCUT2D eigenvalue weighted by molar-refractivity contribution is -0.384. The summed E-state index contributed by atoms with van der Waals surface area (Å²) in [5.74, 6) is 0.183. The van der Waals surface area contributed by atoms with Gasteiger partial charge in [0.2, 0.25) is 0 Å². The van der Waals surface area contributed by atoms with Gasteiger partial charge in [0.05, 0.1) is 28.1 Å². The van der Waals surface area contributed by atoms with Crippen LogP contribution < -0.4 is 5.01 Å². The summed E-state index contributed by atoms with van der Waals surface area (Å²) in [6.07, 6.45) is 2.60. The Kier molecular flexibility index (Phi) is 4.31. The molecule has 3 aromatic rings. The molecular weight excluding hydrogens is 358 g/mol. The number of aromatic nitrogens is 2. The number of nitro groups is 1. The molecule has 0 fully saturated rings. The highest BCUT2D eigenvalue weighted by atomic mass is 16.6. The van der Waals surface area contributed by atoms with Crippen LogP contribution in [0.4, 0.5) is 11.4 Å². The Balaban J connectivity index is 1.77. The van der Waals surface area contributed by atoms with Crippen molar-refractivity contribution in [2.75, 3.05) is 5.01 Å². The maximum absolute atomic E-state index is 11.0. The first-order chi connectivity index (χ1) is 13.4. The van der Waals surface area contributed by atoms with E-state index >= 15 is 0 Å². The van der Waals surface area contributed by atoms with Gasteiger partial charge in [-0.05, 0) is 31.2 Å². The second-order valence-corrected chi connectivity index (χ2v) is 6.78. The van der Waals surface area contributed by atoms with Crippen LogP contribution in [-0.4, -0.2) is 25.5 Å². The van der Waals surface area contributed by atoms with Gasteiger partial charge in [-0.15, -0.1) is 0 Å². The molecule has 142 valence electrons. The van der Waals surface area contributed by atoms with Crippen molar-refractivity contribution < 1.29 is 10.0 Å². The van der Waals surface area contributed by atoms with Gasteiger partial charge in [-0.2, -0.15) is 10.2 Å². The number of hydrogen-bond acceptors (Lipinski definition) is 6. The molecule has 1 N–H and O–H groups in total. The number of hydrazone groups is 1. The van der Waals surface area contributed by atoms with Crippen LogP contribution >= 0.6 is 0 Å². The van der Waals surface area contributed by atoms with E-state index in [4.69, 9.17) is 5.10 Å². The molecule has 1 aliphatic rings. The van der Waals surface area contributed by atoms with E-state index in [9.17, 15) is 15.2 Å². The summed E-state index contributed by atoms with van der Waals surface area (Å²) in [4.78, 5) is 10.5. The Morgan fingerprint density at radius 3 is 2.57 bits per heavy atom. The minimum Gasteiger partial charge on any atom is -0.508 e. The molecule has 8 nitrogen and oxygen atoms in total. The van der Waals surface area contributed by atoms with Gasteiger partial charge in [0.1, 0.15) is 5.75 Å². The summed E-state index contributed by atoms with van der Waals surface area (Å²) in [5.41, 5.74) is 4.42. The zero-order valence-corrected chi connectivity index (χ0v) is 15.5. The first-order valence-corrected chi connectivity index (χ1v) is 8.83. The number of rotatable bonds is 4. The average molecular weight is 377 g/mol. The molecule has 0 spiro atoms. The summed E-state index contributed by atoms with van der Waals surface area (Å²) in [5, 5.41) is 31.9. The Morgan fingerprint density at radius 1 is 1.21 bits per heavy atom. The topological polar surface area (TPSA) is 96.8 Å². The lowest BCUT2D eigenvalue weighted by Gasteiger charge is -2.23. The fourth-order valence-corrected chi connectivity index (χ4v) is 3.52. The van der Waals surface area contributed by atoms with Gasteiger partial charge in [-0.1, -0.05) is 12.1 Å². The van der Waals surface area contributed by atoms with Crippen LogP contribution in [0.3, 0.4) is 0 Å². The zero-order chi connectivity index (χ0) is 19.8. The molecule has 2 aromatic carbocycles. The fraction of sp³-hybridized carbons (Fsp3) is 0.200. The first-order valence-electron chi connectivity index (χ1n) is 8.83. The molecule has 1 atom stereocenters. The lowest BCUT2D eigenvalue weighted by atomic mass is 9.98. The summed E-state index contributed by atoms with van der Waals surface area (Å²) < 4.78 is 1.77. The Morgan fingerprint density at radius 2 is 1.96 bits per heavy atom. The van der Waals surface area contributed by atoms with Gasteiger partial charge in [0.15, 0.2) is 0 Å². The molecule has 0 amide bonds. The number of hydrogen-bond donors (Lipinski definition) is 1. The Bertz CT molecular complexity index is 1070. The second kappa shape index (κ2) is 6.80. The van der Waals surface area contributed by atoms with Crippen LogP contribution in [0.5, 0.6) is 5.75 Å². The van der Waals surface area contributed by atoms with Gasteiger partial charge in [-0.25, -0.2) is 0 Å². The molecule has 0 saturated carbocycles. The summed E-state index contributed by atoms with van der Waals surface area (Å²) >= 11 is 0. The standard InChI is InChI=1S/C20H19N5O3/c1-13-18(12-23(2)21-13)20-11-19(14-4-3-5-17(26)10-14)22-24(20)15-6-8-16(9-7-15)25(27)28/h3-10,12,20,26H,11H2,1-2H3. The molecule has 0 aliphatic carbocycles. The average Bonchev–Trinajstić information content (AvgIpc) is 3.24. The molecule has 0 bridgehead atoms. The quantitative estimate of drug-likeness (QED) is 0.552. The van der Waals surface area contributed by atoms with E-state index in [-0.39, 0.29) is 17.5 Å². The monoisotopic (exact) mass is 377 g/mol. The number of nitrogens with zero attached hydrogens (tertiary/aromatic N) is 5. The van der Waals surface area contributed by atoms with Crippen molar-refractivity contribution >= 4 is 17.1 Å². The second-order valence-electron chi connectivity index (χ2n) is 6.78. The summed E-state index contributed by atoms with van der Waals surface area (Å²) in [7, 11) is 1.87. The number of phenolic OH excluding ortho intramolecular Hbond substituents is 1. The van der Waals surface area contributed by atoms with Gasteiger partial charge < -0.3 is 5.11 Å². The number of aryl methyl sites for hydroxylation is 2. The largest absolute Gasteiger partial charge is 0.508 e. The van der Waals surface area contributed by atoms with Crippen molar-refractivity contribution in [1.82, 2.24) is 9.78 Å². The van der Waals surface area contributed by atoms with E-state index < -0.39 is 4.92 Å². The van der Waals surface area contributed by atoms with E-state index in [2.05, 4.69) is 5.10 Å². The highest BCUT2D eigenvalue weighted by molar-refractivity contribution is 6.03. The molecule has 0 radical (unpaired) electrons. The van der Waals surface area contributed by atoms with Gasteiger partial charge in [0.25, 0.3) is 5.69 Å².